The normalized spacial score (nSPS) is 10.1. The average Bonchev–Trinajstić information content (AvgIpc) is 2.46. The fourth-order valence-electron chi connectivity index (χ4n) is 1.61. The van der Waals surface area contributed by atoms with Gasteiger partial charge in [-0.05, 0) is 30.3 Å². The largest absolute Gasteiger partial charge is 0.484 e. The maximum atomic E-state index is 12.0. The summed E-state index contributed by atoms with van der Waals surface area (Å²) in [5, 5.41) is 0.616. The van der Waals surface area contributed by atoms with Crippen LogP contribution in [0.2, 0.25) is 5.02 Å². The molecular formula is C14H14ClN3O2. The molecule has 1 amide bonds. The molecule has 0 spiro atoms. The van der Waals surface area contributed by atoms with Crippen LogP contribution in [0.3, 0.4) is 0 Å². The monoisotopic (exact) mass is 291 g/mol. The van der Waals surface area contributed by atoms with E-state index < -0.39 is 0 Å². The van der Waals surface area contributed by atoms with E-state index in [4.69, 9.17) is 22.1 Å². The second kappa shape index (κ2) is 6.25. The second-order valence-electron chi connectivity index (χ2n) is 4.13. The summed E-state index contributed by atoms with van der Waals surface area (Å²) in [5.41, 5.74) is 6.81. The number of nitrogen functional groups attached to an aromatic ring is 1. The highest BCUT2D eigenvalue weighted by atomic mass is 35.5. The van der Waals surface area contributed by atoms with Gasteiger partial charge in [-0.2, -0.15) is 0 Å². The van der Waals surface area contributed by atoms with Gasteiger partial charge < -0.3 is 15.4 Å². The zero-order chi connectivity index (χ0) is 14.5. The fraction of sp³-hybridized carbons (Fsp3) is 0.143. The molecule has 104 valence electrons. The van der Waals surface area contributed by atoms with Gasteiger partial charge in [-0.15, -0.1) is 0 Å². The molecule has 2 rings (SSSR count). The van der Waals surface area contributed by atoms with Gasteiger partial charge in [0.25, 0.3) is 5.91 Å². The van der Waals surface area contributed by atoms with Crippen LogP contribution < -0.4 is 15.4 Å². The van der Waals surface area contributed by atoms with Gasteiger partial charge in [0.2, 0.25) is 0 Å². The third kappa shape index (κ3) is 3.39. The molecule has 1 aromatic heterocycles. The number of pyridine rings is 1. The highest BCUT2D eigenvalue weighted by molar-refractivity contribution is 6.30. The number of anilines is 2. The Kier molecular flexibility index (Phi) is 4.42. The van der Waals surface area contributed by atoms with E-state index in [9.17, 15) is 4.79 Å². The number of nitrogens with zero attached hydrogens (tertiary/aromatic N) is 2. The molecule has 0 fully saturated rings. The average molecular weight is 292 g/mol. The van der Waals surface area contributed by atoms with Gasteiger partial charge in [-0.25, -0.2) is 0 Å². The lowest BCUT2D eigenvalue weighted by Crippen LogP contribution is -2.31. The first-order valence-corrected chi connectivity index (χ1v) is 6.30. The topological polar surface area (TPSA) is 68.5 Å². The number of aromatic nitrogens is 1. The summed E-state index contributed by atoms with van der Waals surface area (Å²) in [6.07, 6.45) is 3.08. The van der Waals surface area contributed by atoms with Gasteiger partial charge in [0.15, 0.2) is 6.61 Å². The van der Waals surface area contributed by atoms with Crippen LogP contribution in [0.4, 0.5) is 11.4 Å². The highest BCUT2D eigenvalue weighted by Gasteiger charge is 2.14. The van der Waals surface area contributed by atoms with Crippen molar-refractivity contribution in [3.63, 3.8) is 0 Å². The number of halogens is 1. The van der Waals surface area contributed by atoms with Crippen molar-refractivity contribution in [1.82, 2.24) is 4.98 Å². The Hall–Kier alpha value is -2.27. The van der Waals surface area contributed by atoms with Gasteiger partial charge in [0.1, 0.15) is 5.75 Å². The zero-order valence-electron chi connectivity index (χ0n) is 10.9. The molecule has 1 heterocycles. The van der Waals surface area contributed by atoms with Crippen molar-refractivity contribution in [3.05, 3.63) is 47.7 Å². The van der Waals surface area contributed by atoms with Crippen LogP contribution in [-0.2, 0) is 4.79 Å². The van der Waals surface area contributed by atoms with Crippen LogP contribution in [0.5, 0.6) is 5.75 Å². The molecule has 20 heavy (non-hydrogen) atoms. The van der Waals surface area contributed by atoms with Crippen molar-refractivity contribution in [2.45, 2.75) is 0 Å². The first kappa shape index (κ1) is 14.1. The Morgan fingerprint density at radius 2 is 2.05 bits per heavy atom. The minimum atomic E-state index is -0.210. The predicted molar refractivity (Wildman–Crippen MR) is 79.0 cm³/mol. The summed E-state index contributed by atoms with van der Waals surface area (Å²) in [6.45, 7) is -0.0834. The van der Waals surface area contributed by atoms with E-state index in [-0.39, 0.29) is 12.5 Å². The van der Waals surface area contributed by atoms with Crippen LogP contribution >= 0.6 is 11.6 Å². The van der Waals surface area contributed by atoms with Gasteiger partial charge in [0.05, 0.1) is 17.6 Å². The van der Waals surface area contributed by atoms with E-state index in [2.05, 4.69) is 4.98 Å². The Bertz CT molecular complexity index is 602. The minimum Gasteiger partial charge on any atom is -0.484 e. The van der Waals surface area contributed by atoms with Gasteiger partial charge in [-0.3, -0.25) is 9.78 Å². The van der Waals surface area contributed by atoms with E-state index in [1.807, 2.05) is 0 Å². The summed E-state index contributed by atoms with van der Waals surface area (Å²) in [4.78, 5) is 17.4. The minimum absolute atomic E-state index is 0.0834. The second-order valence-corrected chi connectivity index (χ2v) is 4.57. The Labute approximate surface area is 121 Å². The molecule has 0 saturated carbocycles. The molecule has 5 nitrogen and oxygen atoms in total. The first-order chi connectivity index (χ1) is 9.58. The molecule has 0 bridgehead atoms. The number of rotatable bonds is 4. The standard InChI is InChI=1S/C14H14ClN3O2/c1-18(13-6-7-17-8-12(13)16)14(19)9-20-11-4-2-10(15)3-5-11/h2-8H,9,16H2,1H3. The zero-order valence-corrected chi connectivity index (χ0v) is 11.7. The molecular weight excluding hydrogens is 278 g/mol. The summed E-state index contributed by atoms with van der Waals surface area (Å²) in [5.74, 6) is 0.372. The Balaban J connectivity index is 1.98. The summed E-state index contributed by atoms with van der Waals surface area (Å²) in [6, 6.07) is 8.49. The molecule has 2 aromatic rings. The smallest absolute Gasteiger partial charge is 0.264 e. The molecule has 2 N–H and O–H groups in total. The lowest BCUT2D eigenvalue weighted by atomic mass is 10.3. The maximum Gasteiger partial charge on any atom is 0.264 e. The van der Waals surface area contributed by atoms with Crippen LogP contribution in [-0.4, -0.2) is 24.5 Å². The van der Waals surface area contributed by atoms with Crippen LogP contribution in [0.25, 0.3) is 0 Å². The number of carbonyl (C=O) groups excluding carboxylic acids is 1. The number of likely N-dealkylation sites (N-methyl/N-ethyl adjacent to an activating group) is 1. The fourth-order valence-corrected chi connectivity index (χ4v) is 1.74. The quantitative estimate of drug-likeness (QED) is 0.939. The summed E-state index contributed by atoms with van der Waals surface area (Å²) in [7, 11) is 1.64. The predicted octanol–water partition coefficient (Wildman–Crippen LogP) is 2.36. The molecule has 0 aliphatic heterocycles. The number of hydrogen-bond acceptors (Lipinski definition) is 4. The molecule has 6 heteroatoms. The number of nitrogens with two attached hydrogens (primary N) is 1. The molecule has 1 aromatic carbocycles. The van der Waals surface area contributed by atoms with Crippen molar-refractivity contribution >= 4 is 28.9 Å². The number of ether oxygens (including phenoxy) is 1. The highest BCUT2D eigenvalue weighted by Crippen LogP contribution is 2.20. The SMILES string of the molecule is CN(C(=O)COc1ccc(Cl)cc1)c1ccncc1N. The number of hydrogen-bond donors (Lipinski definition) is 1. The molecule has 0 aliphatic rings. The molecule has 0 aliphatic carbocycles. The third-order valence-corrected chi connectivity index (χ3v) is 2.99. The van der Waals surface area contributed by atoms with Crippen molar-refractivity contribution in [2.24, 2.45) is 0 Å². The number of carbonyl (C=O) groups is 1. The Morgan fingerprint density at radius 1 is 1.35 bits per heavy atom. The first-order valence-electron chi connectivity index (χ1n) is 5.92. The van der Waals surface area contributed by atoms with Gasteiger partial charge in [0, 0.05) is 18.3 Å². The third-order valence-electron chi connectivity index (χ3n) is 2.74. The summed E-state index contributed by atoms with van der Waals surface area (Å²) < 4.78 is 5.40. The molecule has 0 radical (unpaired) electrons. The molecule has 0 unspecified atom stereocenters. The van der Waals surface area contributed by atoms with E-state index in [0.29, 0.717) is 22.1 Å². The lowest BCUT2D eigenvalue weighted by Gasteiger charge is -2.18. The van der Waals surface area contributed by atoms with Gasteiger partial charge >= 0.3 is 0 Å². The molecule has 0 atom stereocenters. The maximum absolute atomic E-state index is 12.0. The molecule has 0 saturated heterocycles. The van der Waals surface area contributed by atoms with Crippen molar-refractivity contribution in [1.29, 1.82) is 0 Å². The van der Waals surface area contributed by atoms with E-state index in [1.165, 1.54) is 11.1 Å². The van der Waals surface area contributed by atoms with E-state index >= 15 is 0 Å². The van der Waals surface area contributed by atoms with E-state index in [1.54, 1.807) is 43.6 Å². The van der Waals surface area contributed by atoms with Crippen LogP contribution in [0.1, 0.15) is 0 Å². The number of benzene rings is 1. The van der Waals surface area contributed by atoms with Crippen LogP contribution in [0, 0.1) is 0 Å². The van der Waals surface area contributed by atoms with Crippen LogP contribution in [0.15, 0.2) is 42.7 Å². The number of amides is 1. The summed E-state index contributed by atoms with van der Waals surface area (Å²) >= 11 is 5.77. The van der Waals surface area contributed by atoms with Crippen molar-refractivity contribution < 1.29 is 9.53 Å². The Morgan fingerprint density at radius 3 is 2.70 bits per heavy atom. The lowest BCUT2D eigenvalue weighted by molar-refractivity contribution is -0.120. The van der Waals surface area contributed by atoms with Gasteiger partial charge in [-0.1, -0.05) is 11.6 Å². The van der Waals surface area contributed by atoms with Crippen molar-refractivity contribution in [3.8, 4) is 5.75 Å². The van der Waals surface area contributed by atoms with E-state index in [0.717, 1.165) is 0 Å². The van der Waals surface area contributed by atoms with Crippen molar-refractivity contribution in [2.75, 3.05) is 24.3 Å².